The number of halogens is 3. The van der Waals surface area contributed by atoms with E-state index < -0.39 is 0 Å². The molecular formula is C22H13Br3N2O. The lowest BCUT2D eigenvalue weighted by molar-refractivity contribution is 0.938. The molecular weight excluding hydrogens is 548 g/mol. The van der Waals surface area contributed by atoms with Crippen LogP contribution in [0.15, 0.2) is 84.9 Å². The first-order valence-corrected chi connectivity index (χ1v) is 10.8. The number of nitrogens with zero attached hydrogens (tertiary/aromatic N) is 2. The topological polar surface area (TPSA) is 34.9 Å². The Hall–Kier alpha value is -2.02. The van der Waals surface area contributed by atoms with E-state index in [-0.39, 0.29) is 5.56 Å². The number of aromatic nitrogens is 2. The minimum absolute atomic E-state index is 0.113. The lowest BCUT2D eigenvalue weighted by atomic mass is 10.2. The summed E-state index contributed by atoms with van der Waals surface area (Å²) in [7, 11) is 0. The third-order valence-corrected chi connectivity index (χ3v) is 5.88. The monoisotopic (exact) mass is 558 g/mol. The average Bonchev–Trinajstić information content (AvgIpc) is 2.69. The van der Waals surface area contributed by atoms with Gasteiger partial charge < -0.3 is 0 Å². The summed E-state index contributed by atoms with van der Waals surface area (Å²) in [6.07, 6.45) is 3.81. The standard InChI is InChI=1S/C22H13Br3N2O/c23-15-5-3-4-14(12-15)8-11-21-26-19-7-2-1-6-17(19)22(28)27(21)20-13-16(24)9-10-18(20)25/h1-13H/b11-8+. The van der Waals surface area contributed by atoms with Gasteiger partial charge in [-0.1, -0.05) is 62.2 Å². The number of fused-ring (bicyclic) bond motifs is 1. The molecule has 28 heavy (non-hydrogen) atoms. The van der Waals surface area contributed by atoms with E-state index in [0.717, 1.165) is 24.7 Å². The van der Waals surface area contributed by atoms with E-state index in [1.165, 1.54) is 0 Å². The summed E-state index contributed by atoms with van der Waals surface area (Å²) in [5.41, 5.74) is 2.30. The number of benzene rings is 3. The molecule has 3 aromatic carbocycles. The second kappa shape index (κ2) is 8.15. The molecule has 0 saturated carbocycles. The first kappa shape index (κ1) is 19.3. The summed E-state index contributed by atoms with van der Waals surface area (Å²) in [6, 6.07) is 21.1. The molecule has 0 spiro atoms. The van der Waals surface area contributed by atoms with Crippen molar-refractivity contribution in [1.29, 1.82) is 0 Å². The number of para-hydroxylation sites is 1. The Morgan fingerprint density at radius 1 is 0.821 bits per heavy atom. The van der Waals surface area contributed by atoms with Crippen LogP contribution in [0.3, 0.4) is 0 Å². The van der Waals surface area contributed by atoms with Crippen LogP contribution < -0.4 is 5.56 Å². The molecule has 0 radical (unpaired) electrons. The zero-order valence-corrected chi connectivity index (χ0v) is 19.2. The number of hydrogen-bond donors (Lipinski definition) is 0. The van der Waals surface area contributed by atoms with Gasteiger partial charge in [0.05, 0.1) is 16.6 Å². The van der Waals surface area contributed by atoms with E-state index >= 15 is 0 Å². The Kier molecular flexibility index (Phi) is 5.62. The van der Waals surface area contributed by atoms with Gasteiger partial charge in [0.1, 0.15) is 5.82 Å². The van der Waals surface area contributed by atoms with Crippen LogP contribution in [-0.4, -0.2) is 9.55 Å². The van der Waals surface area contributed by atoms with Crippen molar-refractivity contribution in [3.8, 4) is 5.69 Å². The second-order valence-corrected chi connectivity index (χ2v) is 8.80. The maximum atomic E-state index is 13.3. The Morgan fingerprint density at radius 3 is 2.43 bits per heavy atom. The molecule has 4 rings (SSSR count). The number of rotatable bonds is 3. The summed E-state index contributed by atoms with van der Waals surface area (Å²) < 4.78 is 4.32. The fraction of sp³-hybridized carbons (Fsp3) is 0. The van der Waals surface area contributed by atoms with Crippen LogP contribution in [0, 0.1) is 0 Å². The Labute approximate surface area is 187 Å². The molecule has 0 unspecified atom stereocenters. The molecule has 0 aliphatic heterocycles. The quantitative estimate of drug-likeness (QED) is 0.275. The van der Waals surface area contributed by atoms with Crippen LogP contribution in [-0.2, 0) is 0 Å². The van der Waals surface area contributed by atoms with Crippen molar-refractivity contribution in [2.75, 3.05) is 0 Å². The molecule has 0 saturated heterocycles. The molecule has 1 heterocycles. The number of hydrogen-bond acceptors (Lipinski definition) is 2. The fourth-order valence-electron chi connectivity index (χ4n) is 2.93. The van der Waals surface area contributed by atoms with Gasteiger partial charge in [-0.15, -0.1) is 0 Å². The SMILES string of the molecule is O=c1c2ccccc2nc(/C=C/c2cccc(Br)c2)n1-c1cc(Br)ccc1Br. The molecule has 0 fully saturated rings. The third kappa shape index (κ3) is 3.90. The van der Waals surface area contributed by atoms with Crippen LogP contribution in [0.2, 0.25) is 0 Å². The molecule has 0 atom stereocenters. The second-order valence-electron chi connectivity index (χ2n) is 6.11. The molecule has 3 nitrogen and oxygen atoms in total. The van der Waals surface area contributed by atoms with Crippen molar-refractivity contribution in [1.82, 2.24) is 9.55 Å². The summed E-state index contributed by atoms with van der Waals surface area (Å²) in [5, 5.41) is 0.578. The van der Waals surface area contributed by atoms with Gasteiger partial charge in [-0.05, 0) is 70.0 Å². The van der Waals surface area contributed by atoms with Gasteiger partial charge in [0, 0.05) is 13.4 Å². The van der Waals surface area contributed by atoms with Crippen molar-refractivity contribution in [3.05, 3.63) is 102 Å². The minimum Gasteiger partial charge on any atom is -0.268 e. The van der Waals surface area contributed by atoms with E-state index in [4.69, 9.17) is 4.98 Å². The van der Waals surface area contributed by atoms with Crippen LogP contribution in [0.4, 0.5) is 0 Å². The molecule has 1 aromatic heterocycles. The smallest absolute Gasteiger partial charge is 0.266 e. The first-order chi connectivity index (χ1) is 13.5. The van der Waals surface area contributed by atoms with E-state index in [9.17, 15) is 4.79 Å². The van der Waals surface area contributed by atoms with E-state index in [1.54, 1.807) is 10.6 Å². The van der Waals surface area contributed by atoms with Gasteiger partial charge in [-0.3, -0.25) is 9.36 Å². The maximum absolute atomic E-state index is 13.3. The Balaban J connectivity index is 1.99. The predicted octanol–water partition coefficient (Wildman–Crippen LogP) is 6.84. The molecule has 0 aliphatic rings. The maximum Gasteiger partial charge on any atom is 0.266 e. The summed E-state index contributed by atoms with van der Waals surface area (Å²) in [6.45, 7) is 0. The van der Waals surface area contributed by atoms with Crippen LogP contribution in [0.5, 0.6) is 0 Å². The first-order valence-electron chi connectivity index (χ1n) is 8.44. The molecule has 0 aliphatic carbocycles. The molecule has 4 aromatic rings. The highest BCUT2D eigenvalue weighted by atomic mass is 79.9. The zero-order valence-electron chi connectivity index (χ0n) is 14.4. The van der Waals surface area contributed by atoms with Crippen molar-refractivity contribution >= 4 is 70.8 Å². The van der Waals surface area contributed by atoms with Crippen LogP contribution in [0.1, 0.15) is 11.4 Å². The molecule has 0 amide bonds. The molecule has 138 valence electrons. The summed E-state index contributed by atoms with van der Waals surface area (Å²) >= 11 is 10.5. The van der Waals surface area contributed by atoms with Gasteiger partial charge in [-0.2, -0.15) is 0 Å². The lowest BCUT2D eigenvalue weighted by Gasteiger charge is -2.13. The fourth-order valence-corrected chi connectivity index (χ4v) is 4.12. The summed E-state index contributed by atoms with van der Waals surface area (Å²) in [4.78, 5) is 18.1. The van der Waals surface area contributed by atoms with Crippen molar-refractivity contribution < 1.29 is 0 Å². The van der Waals surface area contributed by atoms with Gasteiger partial charge in [0.2, 0.25) is 0 Å². The normalized spacial score (nSPS) is 11.4. The summed E-state index contributed by atoms with van der Waals surface area (Å²) in [5.74, 6) is 0.558. The predicted molar refractivity (Wildman–Crippen MR) is 126 cm³/mol. The van der Waals surface area contributed by atoms with E-state index in [1.807, 2.05) is 72.8 Å². The third-order valence-electron chi connectivity index (χ3n) is 4.22. The molecule has 0 N–H and O–H groups in total. The Bertz CT molecular complexity index is 1280. The highest BCUT2D eigenvalue weighted by Gasteiger charge is 2.13. The van der Waals surface area contributed by atoms with Gasteiger partial charge in [0.15, 0.2) is 0 Å². The molecule has 6 heteroatoms. The highest BCUT2D eigenvalue weighted by Crippen LogP contribution is 2.26. The van der Waals surface area contributed by atoms with Gasteiger partial charge in [0.25, 0.3) is 5.56 Å². The van der Waals surface area contributed by atoms with Crippen molar-refractivity contribution in [2.45, 2.75) is 0 Å². The minimum atomic E-state index is -0.113. The van der Waals surface area contributed by atoms with Crippen LogP contribution in [0.25, 0.3) is 28.7 Å². The molecule has 0 bridgehead atoms. The zero-order chi connectivity index (χ0) is 19.7. The largest absolute Gasteiger partial charge is 0.268 e. The van der Waals surface area contributed by atoms with Crippen molar-refractivity contribution in [3.63, 3.8) is 0 Å². The van der Waals surface area contributed by atoms with E-state index in [2.05, 4.69) is 47.8 Å². The highest BCUT2D eigenvalue weighted by molar-refractivity contribution is 9.11. The van der Waals surface area contributed by atoms with Gasteiger partial charge >= 0.3 is 0 Å². The lowest BCUT2D eigenvalue weighted by Crippen LogP contribution is -2.22. The van der Waals surface area contributed by atoms with Crippen LogP contribution >= 0.6 is 47.8 Å². The average molecular weight is 561 g/mol. The van der Waals surface area contributed by atoms with E-state index in [0.29, 0.717) is 16.7 Å². The van der Waals surface area contributed by atoms with Crippen molar-refractivity contribution in [2.24, 2.45) is 0 Å². The van der Waals surface area contributed by atoms with Gasteiger partial charge in [-0.25, -0.2) is 4.98 Å². The Morgan fingerprint density at radius 2 is 1.61 bits per heavy atom.